The third kappa shape index (κ3) is 3.78. The third-order valence-corrected chi connectivity index (χ3v) is 3.43. The summed E-state index contributed by atoms with van der Waals surface area (Å²) in [5.74, 6) is 0.592. The maximum absolute atomic E-state index is 13.5. The van der Waals surface area contributed by atoms with Crippen molar-refractivity contribution < 1.29 is 9.13 Å². The monoisotopic (exact) mass is 288 g/mol. The van der Waals surface area contributed by atoms with Crippen molar-refractivity contribution in [2.45, 2.75) is 32.0 Å². The van der Waals surface area contributed by atoms with Crippen LogP contribution in [0.2, 0.25) is 0 Å². The maximum Gasteiger partial charge on any atom is 0.165 e. The van der Waals surface area contributed by atoms with E-state index in [0.29, 0.717) is 23.6 Å². The van der Waals surface area contributed by atoms with E-state index in [4.69, 9.17) is 4.74 Å². The Labute approximate surface area is 105 Å². The van der Waals surface area contributed by atoms with Crippen molar-refractivity contribution in [2.24, 2.45) is 5.92 Å². The van der Waals surface area contributed by atoms with Crippen LogP contribution >= 0.6 is 15.9 Å². The van der Waals surface area contributed by atoms with Crippen molar-refractivity contribution in [1.82, 2.24) is 0 Å². The number of alkyl halides is 1. The van der Waals surface area contributed by atoms with Gasteiger partial charge in [0.15, 0.2) is 11.6 Å². The summed E-state index contributed by atoms with van der Waals surface area (Å²) < 4.78 is 19.0. The Morgan fingerprint density at radius 1 is 1.31 bits per heavy atom. The first kappa shape index (κ1) is 13.5. The van der Waals surface area contributed by atoms with E-state index in [1.165, 1.54) is 6.07 Å². The Bertz CT molecular complexity index is 324. The van der Waals surface area contributed by atoms with Crippen LogP contribution in [-0.4, -0.2) is 6.61 Å². The average molecular weight is 289 g/mol. The van der Waals surface area contributed by atoms with Gasteiger partial charge >= 0.3 is 0 Å². The molecular weight excluding hydrogens is 271 g/mol. The first-order valence-corrected chi connectivity index (χ1v) is 6.80. The number of hydrogen-bond donors (Lipinski definition) is 0. The average Bonchev–Trinajstić information content (AvgIpc) is 2.32. The lowest BCUT2D eigenvalue weighted by molar-refractivity contribution is 0.231. The summed E-state index contributed by atoms with van der Waals surface area (Å²) in [6, 6.07) is 5.09. The predicted octanol–water partition coefficient (Wildman–Crippen LogP) is 4.54. The molecule has 0 N–H and O–H groups in total. The largest absolute Gasteiger partial charge is 0.490 e. The van der Waals surface area contributed by atoms with Crippen LogP contribution in [0, 0.1) is 11.7 Å². The Hall–Kier alpha value is -0.570. The zero-order chi connectivity index (χ0) is 12.0. The first-order valence-electron chi connectivity index (χ1n) is 5.68. The van der Waals surface area contributed by atoms with Crippen LogP contribution in [0.15, 0.2) is 18.2 Å². The van der Waals surface area contributed by atoms with E-state index in [9.17, 15) is 4.39 Å². The van der Waals surface area contributed by atoms with Gasteiger partial charge in [0.1, 0.15) is 0 Å². The second-order valence-electron chi connectivity index (χ2n) is 3.89. The molecule has 0 saturated heterocycles. The minimum absolute atomic E-state index is 0.275. The van der Waals surface area contributed by atoms with Crippen LogP contribution in [0.3, 0.4) is 0 Å². The quantitative estimate of drug-likeness (QED) is 0.699. The SMILES string of the molecule is CCC(CC)COc1ccc(CBr)cc1F. The molecule has 0 aromatic heterocycles. The fraction of sp³-hybridized carbons (Fsp3) is 0.538. The molecule has 0 bridgehead atoms. The third-order valence-electron chi connectivity index (χ3n) is 2.78. The van der Waals surface area contributed by atoms with Crippen molar-refractivity contribution in [3.05, 3.63) is 29.6 Å². The summed E-state index contributed by atoms with van der Waals surface area (Å²) in [4.78, 5) is 0. The fourth-order valence-electron chi connectivity index (χ4n) is 1.48. The zero-order valence-electron chi connectivity index (χ0n) is 9.80. The molecule has 0 fully saturated rings. The zero-order valence-corrected chi connectivity index (χ0v) is 11.4. The normalized spacial score (nSPS) is 10.8. The molecule has 0 saturated carbocycles. The van der Waals surface area contributed by atoms with Crippen molar-refractivity contribution in [3.8, 4) is 5.75 Å². The van der Waals surface area contributed by atoms with Crippen molar-refractivity contribution >= 4 is 15.9 Å². The summed E-state index contributed by atoms with van der Waals surface area (Å²) in [7, 11) is 0. The molecule has 1 aromatic rings. The Balaban J connectivity index is 2.60. The summed E-state index contributed by atoms with van der Waals surface area (Å²) in [6.45, 7) is 4.85. The van der Waals surface area contributed by atoms with Gasteiger partial charge in [-0.2, -0.15) is 0 Å². The van der Waals surface area contributed by atoms with Gasteiger partial charge < -0.3 is 4.74 Å². The number of benzene rings is 1. The highest BCUT2D eigenvalue weighted by Crippen LogP contribution is 2.21. The van der Waals surface area contributed by atoms with Crippen molar-refractivity contribution in [3.63, 3.8) is 0 Å². The Kier molecular flexibility index (Phi) is 5.81. The van der Waals surface area contributed by atoms with Gasteiger partial charge in [-0.3, -0.25) is 0 Å². The van der Waals surface area contributed by atoms with Gasteiger partial charge in [0.2, 0.25) is 0 Å². The van der Waals surface area contributed by atoms with Crippen LogP contribution in [0.25, 0.3) is 0 Å². The van der Waals surface area contributed by atoms with Crippen LogP contribution in [-0.2, 0) is 5.33 Å². The molecule has 3 heteroatoms. The van der Waals surface area contributed by atoms with Crippen molar-refractivity contribution in [1.29, 1.82) is 0 Å². The molecule has 0 spiro atoms. The lowest BCUT2D eigenvalue weighted by atomic mass is 10.1. The lowest BCUT2D eigenvalue weighted by Gasteiger charge is -2.14. The smallest absolute Gasteiger partial charge is 0.165 e. The topological polar surface area (TPSA) is 9.23 Å². The number of ether oxygens (including phenoxy) is 1. The number of hydrogen-bond acceptors (Lipinski definition) is 1. The van der Waals surface area contributed by atoms with Gasteiger partial charge in [0, 0.05) is 5.33 Å². The maximum atomic E-state index is 13.5. The molecule has 0 aliphatic rings. The molecule has 0 aliphatic heterocycles. The second kappa shape index (κ2) is 6.89. The number of rotatable bonds is 6. The van der Waals surface area contributed by atoms with Crippen molar-refractivity contribution in [2.75, 3.05) is 6.61 Å². The molecular formula is C13H18BrFO. The Morgan fingerprint density at radius 3 is 2.50 bits per heavy atom. The predicted molar refractivity (Wildman–Crippen MR) is 68.6 cm³/mol. The van der Waals surface area contributed by atoms with E-state index in [1.54, 1.807) is 6.07 Å². The van der Waals surface area contributed by atoms with Gasteiger partial charge in [0.25, 0.3) is 0 Å². The van der Waals surface area contributed by atoms with E-state index in [2.05, 4.69) is 29.8 Å². The summed E-state index contributed by atoms with van der Waals surface area (Å²) >= 11 is 3.29. The van der Waals surface area contributed by atoms with Crippen LogP contribution in [0.4, 0.5) is 4.39 Å². The highest BCUT2D eigenvalue weighted by atomic mass is 79.9. The second-order valence-corrected chi connectivity index (χ2v) is 4.45. The minimum atomic E-state index is -0.275. The van der Waals surface area contributed by atoms with E-state index in [-0.39, 0.29) is 5.82 Å². The summed E-state index contributed by atoms with van der Waals surface area (Å²) in [5, 5.41) is 0.663. The van der Waals surface area contributed by atoms with Gasteiger partial charge in [-0.1, -0.05) is 48.7 Å². The molecule has 0 aliphatic carbocycles. The van der Waals surface area contributed by atoms with Crippen LogP contribution < -0.4 is 4.74 Å². The van der Waals surface area contributed by atoms with E-state index in [1.807, 2.05) is 6.07 Å². The van der Waals surface area contributed by atoms with Gasteiger partial charge in [-0.15, -0.1) is 0 Å². The van der Waals surface area contributed by atoms with Crippen LogP contribution in [0.1, 0.15) is 32.3 Å². The van der Waals surface area contributed by atoms with E-state index >= 15 is 0 Å². The summed E-state index contributed by atoms with van der Waals surface area (Å²) in [5.41, 5.74) is 0.924. The van der Waals surface area contributed by atoms with E-state index in [0.717, 1.165) is 18.4 Å². The highest BCUT2D eigenvalue weighted by Gasteiger charge is 2.08. The molecule has 0 amide bonds. The lowest BCUT2D eigenvalue weighted by Crippen LogP contribution is -2.10. The standard InChI is InChI=1S/C13H18BrFO/c1-3-10(4-2)9-16-13-6-5-11(8-14)7-12(13)15/h5-7,10H,3-4,8-9H2,1-2H3. The van der Waals surface area contributed by atoms with Gasteiger partial charge in [-0.05, 0) is 23.6 Å². The Morgan fingerprint density at radius 2 is 2.00 bits per heavy atom. The number of halogens is 2. The molecule has 0 unspecified atom stereocenters. The first-order chi connectivity index (χ1) is 7.71. The molecule has 1 aromatic carbocycles. The molecule has 1 rings (SSSR count). The van der Waals surface area contributed by atoms with E-state index < -0.39 is 0 Å². The molecule has 0 heterocycles. The highest BCUT2D eigenvalue weighted by molar-refractivity contribution is 9.08. The molecule has 0 atom stereocenters. The molecule has 90 valence electrons. The summed E-state index contributed by atoms with van der Waals surface area (Å²) in [6.07, 6.45) is 2.13. The van der Waals surface area contributed by atoms with Crippen LogP contribution in [0.5, 0.6) is 5.75 Å². The fourth-order valence-corrected chi connectivity index (χ4v) is 1.83. The van der Waals surface area contributed by atoms with Gasteiger partial charge in [-0.25, -0.2) is 4.39 Å². The van der Waals surface area contributed by atoms with Gasteiger partial charge in [0.05, 0.1) is 6.61 Å². The molecule has 0 radical (unpaired) electrons. The minimum Gasteiger partial charge on any atom is -0.490 e. The molecule has 16 heavy (non-hydrogen) atoms. The molecule has 1 nitrogen and oxygen atoms in total.